The molecule has 0 aliphatic carbocycles. The first-order valence-corrected chi connectivity index (χ1v) is 46.6. The molecule has 0 N–H and O–H groups in total. The van der Waals surface area contributed by atoms with Gasteiger partial charge in [-0.05, 0) is 150 Å². The maximum absolute atomic E-state index is 7.69. The van der Waals surface area contributed by atoms with Gasteiger partial charge in [-0.3, -0.25) is 0 Å². The van der Waals surface area contributed by atoms with Crippen molar-refractivity contribution in [3.05, 3.63) is 187 Å². The Kier molecular flexibility index (Phi) is 30.2. The molecule has 4 aromatic carbocycles. The standard InChI is InChI=1S/C81H132O7Si4/c1-29-30-41-63(4)76(83-60-67-51-54-71(82-20)55-52-67)66(7)73(86-90(23,24)78(11,12)13)56-49-61(2)58-65(6)75(88-92(27,28)80(17,18)19)64(5)50-53-72(85-89(21,22)77(8,9)10)59-74(87-91(25,26)79(14,15)16)62(3)42-40-57-84-81(68-43-34-31-35-44-68,69-45-36-32-37-46-69)70-47-38-33-39-48-70/h29-48,50-55,61-66,72-76H,1,49,56-60H2,2-28H3/t61-,62-,63-,64-,65+,66-,72+,73-,74-,75-,76-/m0/s1. The molecule has 11 atom stereocenters. The summed E-state index contributed by atoms with van der Waals surface area (Å²) in [5, 5.41) is 0.104. The van der Waals surface area contributed by atoms with E-state index in [1.54, 1.807) is 7.11 Å². The third-order valence-corrected chi connectivity index (χ3v) is 39.6. The lowest BCUT2D eigenvalue weighted by molar-refractivity contribution is -0.0551. The van der Waals surface area contributed by atoms with Gasteiger partial charge in [-0.1, -0.05) is 277 Å². The zero-order valence-corrected chi connectivity index (χ0v) is 67.2. The highest BCUT2D eigenvalue weighted by Gasteiger charge is 2.46. The Labute approximate surface area is 568 Å². The van der Waals surface area contributed by atoms with Crippen molar-refractivity contribution in [2.45, 2.75) is 266 Å². The maximum Gasteiger partial charge on any atom is 0.192 e. The molecule has 0 saturated carbocycles. The Morgan fingerprint density at radius 3 is 1.34 bits per heavy atom. The average molecular weight is 1330 g/mol. The zero-order valence-electron chi connectivity index (χ0n) is 63.2. The summed E-state index contributed by atoms with van der Waals surface area (Å²) in [7, 11) is -7.32. The first-order chi connectivity index (χ1) is 42.5. The second-order valence-electron chi connectivity index (χ2n) is 33.3. The highest BCUT2D eigenvalue weighted by molar-refractivity contribution is 6.75. The number of methoxy groups -OCH3 is 1. The predicted molar refractivity (Wildman–Crippen MR) is 406 cm³/mol. The van der Waals surface area contributed by atoms with Gasteiger partial charge < -0.3 is 31.9 Å². The third kappa shape index (κ3) is 23.0. The van der Waals surface area contributed by atoms with Gasteiger partial charge in [0.2, 0.25) is 0 Å². The number of allylic oxidation sites excluding steroid dienone is 2. The smallest absolute Gasteiger partial charge is 0.192 e. The highest BCUT2D eigenvalue weighted by Crippen LogP contribution is 2.46. The van der Waals surface area contributed by atoms with Crippen molar-refractivity contribution >= 4 is 33.3 Å². The lowest BCUT2D eigenvalue weighted by Gasteiger charge is -2.44. The molecule has 0 aliphatic heterocycles. The van der Waals surface area contributed by atoms with Crippen molar-refractivity contribution in [3.63, 3.8) is 0 Å². The second kappa shape index (κ2) is 34.5. The van der Waals surface area contributed by atoms with E-state index in [4.69, 9.17) is 31.9 Å². The molecule has 4 aromatic rings. The normalized spacial score (nSPS) is 17.5. The molecule has 92 heavy (non-hydrogen) atoms. The van der Waals surface area contributed by atoms with Gasteiger partial charge in [-0.15, -0.1) is 0 Å². The van der Waals surface area contributed by atoms with E-state index >= 15 is 0 Å². The van der Waals surface area contributed by atoms with Crippen LogP contribution in [-0.4, -0.2) is 77.5 Å². The average Bonchev–Trinajstić information content (AvgIpc) is 0.763. The molecule has 0 bridgehead atoms. The predicted octanol–water partition coefficient (Wildman–Crippen LogP) is 23.4. The Morgan fingerprint density at radius 1 is 0.457 bits per heavy atom. The summed E-state index contributed by atoms with van der Waals surface area (Å²) >= 11 is 0. The van der Waals surface area contributed by atoms with Crippen LogP contribution >= 0.6 is 0 Å². The van der Waals surface area contributed by atoms with E-state index in [1.807, 2.05) is 18.2 Å². The van der Waals surface area contributed by atoms with Crippen LogP contribution in [0.25, 0.3) is 0 Å². The number of rotatable bonds is 36. The Bertz CT molecular complexity index is 2760. The van der Waals surface area contributed by atoms with Crippen molar-refractivity contribution in [2.24, 2.45) is 35.5 Å². The zero-order chi connectivity index (χ0) is 69.3. The summed E-state index contributed by atoms with van der Waals surface area (Å²) in [5.41, 5.74) is 3.58. The minimum Gasteiger partial charge on any atom is -0.497 e. The fourth-order valence-corrected chi connectivity index (χ4v) is 17.1. The Balaban J connectivity index is 1.73. The van der Waals surface area contributed by atoms with Crippen LogP contribution in [0.3, 0.4) is 0 Å². The van der Waals surface area contributed by atoms with E-state index in [-0.39, 0.29) is 80.3 Å². The summed E-state index contributed by atoms with van der Waals surface area (Å²) in [5.74, 6) is 2.01. The molecule has 0 heterocycles. The Hall–Kier alpha value is -3.73. The molecule has 0 unspecified atom stereocenters. The number of hydrogen-bond acceptors (Lipinski definition) is 7. The summed E-state index contributed by atoms with van der Waals surface area (Å²) in [6, 6.07) is 40.2. The summed E-state index contributed by atoms with van der Waals surface area (Å²) in [6.07, 6.45) is 19.0. The summed E-state index contributed by atoms with van der Waals surface area (Å²) < 4.78 is 50.2. The van der Waals surface area contributed by atoms with Crippen molar-refractivity contribution in [1.82, 2.24) is 0 Å². The van der Waals surface area contributed by atoms with E-state index in [2.05, 4.69) is 323 Å². The molecule has 0 radical (unpaired) electrons. The molecule has 4 rings (SSSR count). The highest BCUT2D eigenvalue weighted by atomic mass is 28.4. The SMILES string of the molecule is C=CC=C[C@H](C)[C@H](OCc1ccc(OC)cc1)[C@@H](C)[C@H](CC[C@H](C)C[C@@H](C)[C@@H](O[Si](C)(C)C(C)(C)C)[C@@H](C)C=C[C@H](C[C@H](O[Si](C)(C)C(C)(C)C)[C@@H](C)C=CCOC(c1ccccc1)(c1ccccc1)c1ccccc1)O[Si](C)(C)C(C)(C)C)O[Si](C)(C)C(C)(C)C. The summed E-state index contributed by atoms with van der Waals surface area (Å²) in [4.78, 5) is 0. The van der Waals surface area contributed by atoms with Crippen molar-refractivity contribution in [3.8, 4) is 5.75 Å². The van der Waals surface area contributed by atoms with Gasteiger partial charge in [0.15, 0.2) is 33.3 Å². The van der Waals surface area contributed by atoms with E-state index < -0.39 is 38.9 Å². The van der Waals surface area contributed by atoms with Crippen molar-refractivity contribution in [1.29, 1.82) is 0 Å². The van der Waals surface area contributed by atoms with Gasteiger partial charge in [0.05, 0.1) is 50.8 Å². The van der Waals surface area contributed by atoms with Crippen LogP contribution in [0, 0.1) is 35.5 Å². The van der Waals surface area contributed by atoms with Crippen LogP contribution in [-0.2, 0) is 39.4 Å². The number of ether oxygens (including phenoxy) is 3. The van der Waals surface area contributed by atoms with E-state index in [0.717, 1.165) is 53.7 Å². The van der Waals surface area contributed by atoms with Crippen LogP contribution in [0.1, 0.15) is 173 Å². The first-order valence-electron chi connectivity index (χ1n) is 34.9. The van der Waals surface area contributed by atoms with Crippen LogP contribution in [0.5, 0.6) is 5.75 Å². The molecular formula is C81H132O7Si4. The topological polar surface area (TPSA) is 64.6 Å². The fourth-order valence-electron chi connectivity index (χ4n) is 11.5. The molecule has 0 aliphatic rings. The van der Waals surface area contributed by atoms with Gasteiger partial charge >= 0.3 is 0 Å². The van der Waals surface area contributed by atoms with Gasteiger partial charge in [-0.2, -0.15) is 0 Å². The molecule has 0 aromatic heterocycles. The number of benzene rings is 4. The fraction of sp³-hybridized carbons (Fsp3) is 0.605. The van der Waals surface area contributed by atoms with Crippen LogP contribution in [0.15, 0.2) is 164 Å². The molecule has 0 amide bonds. The van der Waals surface area contributed by atoms with Gasteiger partial charge in [0.25, 0.3) is 0 Å². The van der Waals surface area contributed by atoms with Crippen LogP contribution < -0.4 is 4.74 Å². The Morgan fingerprint density at radius 2 is 0.891 bits per heavy atom. The molecule has 7 nitrogen and oxygen atoms in total. The minimum atomic E-state index is -2.30. The first kappa shape index (κ1) is 80.7. The maximum atomic E-state index is 7.69. The van der Waals surface area contributed by atoms with Gasteiger partial charge in [0.1, 0.15) is 11.4 Å². The largest absolute Gasteiger partial charge is 0.497 e. The molecule has 0 saturated heterocycles. The van der Waals surface area contributed by atoms with E-state index in [9.17, 15) is 0 Å². The molecule has 0 fully saturated rings. The lowest BCUT2D eigenvalue weighted by Crippen LogP contribution is -2.48. The van der Waals surface area contributed by atoms with Gasteiger partial charge in [-0.25, -0.2) is 0 Å². The van der Waals surface area contributed by atoms with Gasteiger partial charge in [0, 0.05) is 18.3 Å². The van der Waals surface area contributed by atoms with Crippen molar-refractivity contribution < 1.29 is 31.9 Å². The van der Waals surface area contributed by atoms with Crippen LogP contribution in [0.2, 0.25) is 72.5 Å². The monoisotopic (exact) mass is 1330 g/mol. The summed E-state index contributed by atoms with van der Waals surface area (Å²) in [6.45, 7) is 66.7. The third-order valence-electron chi connectivity index (χ3n) is 21.6. The minimum absolute atomic E-state index is 0.00323. The molecular weight excluding hydrogens is 1200 g/mol. The molecule has 11 heteroatoms. The van der Waals surface area contributed by atoms with E-state index in [1.165, 1.54) is 0 Å². The van der Waals surface area contributed by atoms with Crippen LogP contribution in [0.4, 0.5) is 0 Å². The van der Waals surface area contributed by atoms with Crippen molar-refractivity contribution in [2.75, 3.05) is 13.7 Å². The number of hydrogen-bond donors (Lipinski definition) is 0. The second-order valence-corrected chi connectivity index (χ2v) is 52.3. The lowest BCUT2D eigenvalue weighted by atomic mass is 9.80. The van der Waals surface area contributed by atoms with E-state index in [0.29, 0.717) is 19.1 Å². The quantitative estimate of drug-likeness (QED) is 0.0195. The molecule has 0 spiro atoms. The molecule has 514 valence electrons.